The van der Waals surface area contributed by atoms with Gasteiger partial charge in [0, 0.05) is 17.1 Å². The van der Waals surface area contributed by atoms with E-state index in [2.05, 4.69) is 11.4 Å². The molecule has 0 saturated carbocycles. The molecule has 5 N–H and O–H groups in total. The molecule has 0 atom stereocenters. The first-order valence-corrected chi connectivity index (χ1v) is 5.98. The lowest BCUT2D eigenvalue weighted by Gasteiger charge is -2.11. The second-order valence-electron chi connectivity index (χ2n) is 4.43. The predicted octanol–water partition coefficient (Wildman–Crippen LogP) is 2.29. The molecule has 1 amide bonds. The summed E-state index contributed by atoms with van der Waals surface area (Å²) in [4.78, 5) is 11.3. The zero-order valence-corrected chi connectivity index (χ0v) is 11.0. The van der Waals surface area contributed by atoms with Gasteiger partial charge in [-0.15, -0.1) is 0 Å². The fourth-order valence-corrected chi connectivity index (χ4v) is 1.83. The van der Waals surface area contributed by atoms with Gasteiger partial charge in [-0.25, -0.2) is 0 Å². The van der Waals surface area contributed by atoms with Crippen molar-refractivity contribution >= 4 is 23.0 Å². The lowest BCUT2D eigenvalue weighted by Crippen LogP contribution is -2.13. The molecule has 2 aromatic rings. The number of amides is 1. The van der Waals surface area contributed by atoms with Crippen LogP contribution in [0.5, 0.6) is 0 Å². The highest BCUT2D eigenvalue weighted by atomic mass is 16.1. The molecule has 0 saturated heterocycles. The Balaban J connectivity index is 2.38. The largest absolute Gasteiger partial charge is 0.398 e. The van der Waals surface area contributed by atoms with Crippen molar-refractivity contribution in [3.05, 3.63) is 53.1 Å². The Morgan fingerprint density at radius 2 is 2.00 bits per heavy atom. The molecule has 20 heavy (non-hydrogen) atoms. The van der Waals surface area contributed by atoms with Crippen molar-refractivity contribution in [3.63, 3.8) is 0 Å². The van der Waals surface area contributed by atoms with Crippen LogP contribution in [0.4, 0.5) is 17.1 Å². The summed E-state index contributed by atoms with van der Waals surface area (Å²) in [5.74, 6) is -0.575. The lowest BCUT2D eigenvalue weighted by atomic mass is 10.1. The van der Waals surface area contributed by atoms with Crippen LogP contribution in [0.25, 0.3) is 0 Å². The molecular weight excluding hydrogens is 252 g/mol. The number of nitrogen functional groups attached to an aromatic ring is 1. The highest BCUT2D eigenvalue weighted by Gasteiger charge is 2.08. The van der Waals surface area contributed by atoms with E-state index in [-0.39, 0.29) is 5.56 Å². The summed E-state index contributed by atoms with van der Waals surface area (Å²) in [7, 11) is 0. The zero-order valence-electron chi connectivity index (χ0n) is 11.0. The van der Waals surface area contributed by atoms with Crippen molar-refractivity contribution in [1.29, 1.82) is 5.26 Å². The molecule has 5 heteroatoms. The van der Waals surface area contributed by atoms with Gasteiger partial charge in [-0.2, -0.15) is 5.26 Å². The maximum absolute atomic E-state index is 11.3. The third-order valence-corrected chi connectivity index (χ3v) is 2.96. The number of anilines is 3. The minimum absolute atomic E-state index is 0.268. The average molecular weight is 266 g/mol. The van der Waals surface area contributed by atoms with Gasteiger partial charge >= 0.3 is 0 Å². The molecule has 2 aromatic carbocycles. The van der Waals surface area contributed by atoms with Crippen LogP contribution in [0.1, 0.15) is 21.5 Å². The van der Waals surface area contributed by atoms with Gasteiger partial charge in [-0.1, -0.05) is 6.07 Å². The Kier molecular flexibility index (Phi) is 3.58. The average Bonchev–Trinajstić information content (AvgIpc) is 2.43. The topological polar surface area (TPSA) is 105 Å². The SMILES string of the molecule is Cc1ccc(C#N)cc1Nc1ccc(N)c(C(N)=O)c1. The van der Waals surface area contributed by atoms with Crippen molar-refractivity contribution in [2.45, 2.75) is 6.92 Å². The minimum Gasteiger partial charge on any atom is -0.398 e. The van der Waals surface area contributed by atoms with Gasteiger partial charge < -0.3 is 16.8 Å². The van der Waals surface area contributed by atoms with E-state index in [1.807, 2.05) is 13.0 Å². The van der Waals surface area contributed by atoms with E-state index in [1.165, 1.54) is 0 Å². The first-order chi connectivity index (χ1) is 9.51. The summed E-state index contributed by atoms with van der Waals surface area (Å²) < 4.78 is 0. The summed E-state index contributed by atoms with van der Waals surface area (Å²) in [5.41, 5.74) is 14.6. The first kappa shape index (κ1) is 13.4. The number of carbonyl (C=O) groups excluding carboxylic acids is 1. The molecule has 2 rings (SSSR count). The van der Waals surface area contributed by atoms with E-state index in [9.17, 15) is 4.79 Å². The number of benzene rings is 2. The number of primary amides is 1. The van der Waals surface area contributed by atoms with Gasteiger partial charge in [-0.3, -0.25) is 4.79 Å². The Morgan fingerprint density at radius 1 is 1.25 bits per heavy atom. The fourth-order valence-electron chi connectivity index (χ4n) is 1.83. The molecule has 0 aliphatic carbocycles. The number of rotatable bonds is 3. The van der Waals surface area contributed by atoms with Crippen molar-refractivity contribution in [1.82, 2.24) is 0 Å². The fraction of sp³-hybridized carbons (Fsp3) is 0.0667. The summed E-state index contributed by atoms with van der Waals surface area (Å²) in [5, 5.41) is 12.1. The van der Waals surface area contributed by atoms with Gasteiger partial charge in [0.05, 0.1) is 17.2 Å². The molecule has 0 heterocycles. The molecule has 0 radical (unpaired) electrons. The molecule has 0 fully saturated rings. The van der Waals surface area contributed by atoms with Crippen LogP contribution < -0.4 is 16.8 Å². The number of carbonyl (C=O) groups is 1. The molecule has 0 aliphatic rings. The van der Waals surface area contributed by atoms with E-state index in [0.29, 0.717) is 16.9 Å². The summed E-state index contributed by atoms with van der Waals surface area (Å²) in [6.07, 6.45) is 0. The Labute approximate surface area is 116 Å². The minimum atomic E-state index is -0.575. The van der Waals surface area contributed by atoms with Crippen LogP contribution in [-0.2, 0) is 0 Å². The summed E-state index contributed by atoms with van der Waals surface area (Å²) in [6.45, 7) is 1.93. The molecule has 0 bridgehead atoms. The molecule has 0 aromatic heterocycles. The normalized spacial score (nSPS) is 9.80. The Morgan fingerprint density at radius 3 is 2.65 bits per heavy atom. The van der Waals surface area contributed by atoms with E-state index >= 15 is 0 Å². The second kappa shape index (κ2) is 5.33. The number of hydrogen-bond acceptors (Lipinski definition) is 4. The van der Waals surface area contributed by atoms with E-state index in [0.717, 1.165) is 11.3 Å². The molecule has 100 valence electrons. The standard InChI is InChI=1S/C15H14N4O/c1-9-2-3-10(8-16)6-14(9)19-11-4-5-13(17)12(7-11)15(18)20/h2-7,19H,17H2,1H3,(H2,18,20). The van der Waals surface area contributed by atoms with Crippen LogP contribution in [0.3, 0.4) is 0 Å². The van der Waals surface area contributed by atoms with Crippen LogP contribution in [0, 0.1) is 18.3 Å². The highest BCUT2D eigenvalue weighted by molar-refractivity contribution is 5.99. The quantitative estimate of drug-likeness (QED) is 0.741. The summed E-state index contributed by atoms with van der Waals surface area (Å²) in [6, 6.07) is 12.4. The molecular formula is C15H14N4O. The smallest absolute Gasteiger partial charge is 0.250 e. The maximum Gasteiger partial charge on any atom is 0.250 e. The third-order valence-electron chi connectivity index (χ3n) is 2.96. The number of aryl methyl sites for hydroxylation is 1. The van der Waals surface area contributed by atoms with E-state index in [1.54, 1.807) is 30.3 Å². The number of nitrogens with two attached hydrogens (primary N) is 2. The van der Waals surface area contributed by atoms with E-state index < -0.39 is 5.91 Å². The van der Waals surface area contributed by atoms with Gasteiger partial charge in [0.15, 0.2) is 0 Å². The Hall–Kier alpha value is -3.00. The van der Waals surface area contributed by atoms with Crippen LogP contribution in [-0.4, -0.2) is 5.91 Å². The van der Waals surface area contributed by atoms with Crippen molar-refractivity contribution in [2.75, 3.05) is 11.1 Å². The molecule has 0 aliphatic heterocycles. The number of nitriles is 1. The van der Waals surface area contributed by atoms with Crippen LogP contribution in [0.2, 0.25) is 0 Å². The van der Waals surface area contributed by atoms with Crippen LogP contribution >= 0.6 is 0 Å². The van der Waals surface area contributed by atoms with Crippen molar-refractivity contribution in [3.8, 4) is 6.07 Å². The molecule has 0 spiro atoms. The van der Waals surface area contributed by atoms with Crippen molar-refractivity contribution < 1.29 is 4.79 Å². The van der Waals surface area contributed by atoms with Gasteiger partial charge in [-0.05, 0) is 42.8 Å². The third kappa shape index (κ3) is 2.70. The monoisotopic (exact) mass is 266 g/mol. The van der Waals surface area contributed by atoms with Gasteiger partial charge in [0.2, 0.25) is 0 Å². The number of nitrogens with zero attached hydrogens (tertiary/aromatic N) is 1. The predicted molar refractivity (Wildman–Crippen MR) is 78.5 cm³/mol. The highest BCUT2D eigenvalue weighted by Crippen LogP contribution is 2.24. The number of nitrogens with one attached hydrogen (secondary N) is 1. The van der Waals surface area contributed by atoms with Crippen molar-refractivity contribution in [2.24, 2.45) is 5.73 Å². The maximum atomic E-state index is 11.3. The second-order valence-corrected chi connectivity index (χ2v) is 4.43. The van der Waals surface area contributed by atoms with Gasteiger partial charge in [0.25, 0.3) is 5.91 Å². The van der Waals surface area contributed by atoms with E-state index in [4.69, 9.17) is 16.7 Å². The number of hydrogen-bond donors (Lipinski definition) is 3. The molecule has 0 unspecified atom stereocenters. The lowest BCUT2D eigenvalue weighted by molar-refractivity contribution is 0.100. The Bertz CT molecular complexity index is 716. The zero-order chi connectivity index (χ0) is 14.7. The first-order valence-electron chi connectivity index (χ1n) is 5.98. The van der Waals surface area contributed by atoms with Gasteiger partial charge in [0.1, 0.15) is 0 Å². The molecule has 5 nitrogen and oxygen atoms in total. The van der Waals surface area contributed by atoms with Crippen LogP contribution in [0.15, 0.2) is 36.4 Å². The summed E-state index contributed by atoms with van der Waals surface area (Å²) >= 11 is 0.